The molecule has 6 heteroatoms. The van der Waals surface area contributed by atoms with Gasteiger partial charge in [0.1, 0.15) is 11.4 Å². The van der Waals surface area contributed by atoms with Crippen LogP contribution in [0, 0.1) is 0 Å². The summed E-state index contributed by atoms with van der Waals surface area (Å²) in [6.45, 7) is 0. The van der Waals surface area contributed by atoms with Crippen LogP contribution in [0.2, 0.25) is 0 Å². The van der Waals surface area contributed by atoms with E-state index < -0.39 is 0 Å². The van der Waals surface area contributed by atoms with Crippen molar-refractivity contribution in [2.75, 3.05) is 0 Å². The molecule has 0 atom stereocenters. The van der Waals surface area contributed by atoms with Crippen molar-refractivity contribution in [1.82, 2.24) is 30.4 Å². The summed E-state index contributed by atoms with van der Waals surface area (Å²) in [6.07, 6.45) is 3.26. The number of hydrogen-bond donors (Lipinski definition) is 1. The molecule has 0 saturated heterocycles. The predicted molar refractivity (Wildman–Crippen MR) is 36.4 cm³/mol. The molecule has 0 aliphatic heterocycles. The first-order chi connectivity index (χ1) is 5.38. The lowest BCUT2D eigenvalue weighted by Gasteiger charge is -1.91. The summed E-state index contributed by atoms with van der Waals surface area (Å²) >= 11 is 0. The number of nitrogens with zero attached hydrogens (tertiary/aromatic N) is 5. The van der Waals surface area contributed by atoms with E-state index in [1.54, 1.807) is 24.1 Å². The highest BCUT2D eigenvalue weighted by Crippen LogP contribution is 2.10. The fourth-order valence-electron chi connectivity index (χ4n) is 0.847. The summed E-state index contributed by atoms with van der Waals surface area (Å²) in [5, 5.41) is 17.5. The Morgan fingerprint density at radius 3 is 2.91 bits per heavy atom. The molecular formula is C5H6N6. The number of aromatic nitrogens is 6. The van der Waals surface area contributed by atoms with Gasteiger partial charge in [-0.1, -0.05) is 5.21 Å². The van der Waals surface area contributed by atoms with E-state index >= 15 is 0 Å². The molecule has 1 N–H and O–H groups in total. The first kappa shape index (κ1) is 6.02. The van der Waals surface area contributed by atoms with Crippen molar-refractivity contribution in [1.29, 1.82) is 0 Å². The Hall–Kier alpha value is -1.72. The normalized spacial score (nSPS) is 10.3. The van der Waals surface area contributed by atoms with Crippen molar-refractivity contribution < 1.29 is 0 Å². The zero-order valence-electron chi connectivity index (χ0n) is 5.89. The largest absolute Gasteiger partial charge is 0.246 e. The number of H-pyrrole nitrogens is 1. The van der Waals surface area contributed by atoms with Gasteiger partial charge in [-0.3, -0.25) is 0 Å². The maximum absolute atomic E-state index is 3.88. The van der Waals surface area contributed by atoms with Crippen molar-refractivity contribution in [3.8, 4) is 11.4 Å². The van der Waals surface area contributed by atoms with Gasteiger partial charge in [-0.05, 0) is 0 Å². The van der Waals surface area contributed by atoms with Gasteiger partial charge in [0.05, 0.1) is 12.4 Å². The molecule has 6 nitrogen and oxygen atoms in total. The van der Waals surface area contributed by atoms with E-state index in [-0.39, 0.29) is 0 Å². The Balaban J connectivity index is 2.53. The monoisotopic (exact) mass is 150 g/mol. The topological polar surface area (TPSA) is 72.3 Å². The smallest absolute Gasteiger partial charge is 0.132 e. The van der Waals surface area contributed by atoms with Gasteiger partial charge >= 0.3 is 0 Å². The zero-order valence-corrected chi connectivity index (χ0v) is 5.89. The molecule has 0 aliphatic rings. The molecule has 0 bridgehead atoms. The van der Waals surface area contributed by atoms with E-state index in [1.165, 1.54) is 0 Å². The number of hydrogen-bond acceptors (Lipinski definition) is 4. The maximum atomic E-state index is 3.88. The first-order valence-corrected chi connectivity index (χ1v) is 3.09. The molecule has 2 heterocycles. The average molecular weight is 150 g/mol. The van der Waals surface area contributed by atoms with E-state index in [2.05, 4.69) is 25.7 Å². The molecule has 0 spiro atoms. The minimum atomic E-state index is 0.748. The Bertz CT molecular complexity index is 333. The molecule has 56 valence electrons. The molecular weight excluding hydrogens is 144 g/mol. The predicted octanol–water partition coefficient (Wildman–Crippen LogP) is -0.400. The van der Waals surface area contributed by atoms with Gasteiger partial charge in [0.25, 0.3) is 0 Å². The fourth-order valence-corrected chi connectivity index (χ4v) is 0.847. The third-order valence-corrected chi connectivity index (χ3v) is 1.39. The third kappa shape index (κ3) is 0.878. The lowest BCUT2D eigenvalue weighted by molar-refractivity contribution is 0.719. The van der Waals surface area contributed by atoms with E-state index in [1.807, 2.05) is 0 Å². The highest BCUT2D eigenvalue weighted by molar-refractivity contribution is 5.50. The number of aromatic amines is 1. The van der Waals surface area contributed by atoms with Crippen molar-refractivity contribution in [2.45, 2.75) is 0 Å². The van der Waals surface area contributed by atoms with Crippen molar-refractivity contribution in [2.24, 2.45) is 7.05 Å². The molecule has 0 amide bonds. The van der Waals surface area contributed by atoms with Gasteiger partial charge in [0, 0.05) is 7.05 Å². The Labute approximate surface area is 62.2 Å². The second kappa shape index (κ2) is 2.15. The Kier molecular flexibility index (Phi) is 1.18. The maximum Gasteiger partial charge on any atom is 0.132 e. The second-order valence-electron chi connectivity index (χ2n) is 2.10. The molecule has 2 aromatic rings. The molecule has 0 fully saturated rings. The molecule has 11 heavy (non-hydrogen) atoms. The zero-order chi connectivity index (χ0) is 7.68. The summed E-state index contributed by atoms with van der Waals surface area (Å²) in [4.78, 5) is 0. The van der Waals surface area contributed by atoms with Gasteiger partial charge in [0.15, 0.2) is 0 Å². The van der Waals surface area contributed by atoms with Gasteiger partial charge in [-0.2, -0.15) is 15.4 Å². The summed E-state index contributed by atoms with van der Waals surface area (Å²) in [7, 11) is 1.80. The van der Waals surface area contributed by atoms with Crippen LogP contribution in [0.1, 0.15) is 0 Å². The lowest BCUT2D eigenvalue weighted by Crippen LogP contribution is -1.93. The first-order valence-electron chi connectivity index (χ1n) is 3.09. The summed E-state index contributed by atoms with van der Waals surface area (Å²) in [5.74, 6) is 0. The van der Waals surface area contributed by atoms with Crippen molar-refractivity contribution >= 4 is 0 Å². The van der Waals surface area contributed by atoms with Gasteiger partial charge < -0.3 is 0 Å². The summed E-state index contributed by atoms with van der Waals surface area (Å²) in [5.41, 5.74) is 1.59. The number of nitrogens with one attached hydrogen (secondary N) is 1. The van der Waals surface area contributed by atoms with E-state index in [4.69, 9.17) is 0 Å². The molecule has 2 aromatic heterocycles. The van der Waals surface area contributed by atoms with Crippen LogP contribution in [-0.4, -0.2) is 30.4 Å². The minimum absolute atomic E-state index is 0.748. The van der Waals surface area contributed by atoms with Crippen LogP contribution in [0.3, 0.4) is 0 Å². The average Bonchev–Trinajstić information content (AvgIpc) is 2.55. The van der Waals surface area contributed by atoms with E-state index in [9.17, 15) is 0 Å². The van der Waals surface area contributed by atoms with Crippen LogP contribution in [-0.2, 0) is 7.05 Å². The molecule has 0 unspecified atom stereocenters. The lowest BCUT2D eigenvalue weighted by atomic mass is 10.4. The number of aryl methyl sites for hydroxylation is 1. The van der Waals surface area contributed by atoms with Crippen LogP contribution in [0.4, 0.5) is 0 Å². The Morgan fingerprint density at radius 2 is 2.36 bits per heavy atom. The van der Waals surface area contributed by atoms with E-state index in [0.29, 0.717) is 0 Å². The summed E-state index contributed by atoms with van der Waals surface area (Å²) < 4.78 is 1.64. The van der Waals surface area contributed by atoms with E-state index in [0.717, 1.165) is 11.4 Å². The SMILES string of the molecule is Cn1nncc1-c1cn[nH]n1. The molecule has 0 radical (unpaired) electrons. The molecule has 2 rings (SSSR count). The van der Waals surface area contributed by atoms with Gasteiger partial charge in [-0.25, -0.2) is 4.68 Å². The third-order valence-electron chi connectivity index (χ3n) is 1.39. The molecule has 0 aliphatic carbocycles. The standard InChI is InChI=1S/C5H6N6/c1-11-5(3-7-10-11)4-2-6-9-8-4/h2-3H,1H3,(H,6,8,9). The number of rotatable bonds is 1. The Morgan fingerprint density at radius 1 is 1.45 bits per heavy atom. The second-order valence-corrected chi connectivity index (χ2v) is 2.10. The van der Waals surface area contributed by atoms with Crippen molar-refractivity contribution in [3.05, 3.63) is 12.4 Å². The van der Waals surface area contributed by atoms with Crippen LogP contribution in [0.25, 0.3) is 11.4 Å². The van der Waals surface area contributed by atoms with Crippen LogP contribution >= 0.6 is 0 Å². The van der Waals surface area contributed by atoms with Gasteiger partial charge in [0.2, 0.25) is 0 Å². The quantitative estimate of drug-likeness (QED) is 0.600. The highest BCUT2D eigenvalue weighted by Gasteiger charge is 2.04. The van der Waals surface area contributed by atoms with Crippen molar-refractivity contribution in [3.63, 3.8) is 0 Å². The fraction of sp³-hybridized carbons (Fsp3) is 0.200. The van der Waals surface area contributed by atoms with Crippen LogP contribution < -0.4 is 0 Å². The minimum Gasteiger partial charge on any atom is -0.246 e. The van der Waals surface area contributed by atoms with Gasteiger partial charge in [-0.15, -0.1) is 5.10 Å². The highest BCUT2D eigenvalue weighted by atomic mass is 15.4. The van der Waals surface area contributed by atoms with Crippen LogP contribution in [0.15, 0.2) is 12.4 Å². The molecule has 0 aromatic carbocycles. The summed E-state index contributed by atoms with van der Waals surface area (Å²) in [6, 6.07) is 0. The van der Waals surface area contributed by atoms with Crippen LogP contribution in [0.5, 0.6) is 0 Å². The molecule has 0 saturated carbocycles.